The zero-order valence-corrected chi connectivity index (χ0v) is 13.4. The van der Waals surface area contributed by atoms with Gasteiger partial charge in [-0.15, -0.1) is 0 Å². The van der Waals surface area contributed by atoms with E-state index in [1.165, 1.54) is 0 Å². The van der Waals surface area contributed by atoms with Gasteiger partial charge in [-0.05, 0) is 19.8 Å². The fraction of sp³-hybridized carbons (Fsp3) is 0.500. The minimum atomic E-state index is 0.399. The minimum Gasteiger partial charge on any atom is -0.361 e. The van der Waals surface area contributed by atoms with Crippen LogP contribution in [0.3, 0.4) is 0 Å². The normalized spacial score (nSPS) is 18.3. The molecule has 1 saturated heterocycles. The summed E-state index contributed by atoms with van der Waals surface area (Å²) in [5.41, 5.74) is 2.07. The molecule has 0 spiro atoms. The monoisotopic (exact) mass is 298 g/mol. The average Bonchev–Trinajstić information content (AvgIpc) is 2.55. The predicted molar refractivity (Wildman–Crippen MR) is 87.3 cm³/mol. The van der Waals surface area contributed by atoms with E-state index >= 15 is 0 Å². The second-order valence-corrected chi connectivity index (χ2v) is 6.00. The molecule has 1 fully saturated rings. The van der Waals surface area contributed by atoms with Gasteiger partial charge in [0, 0.05) is 51.1 Å². The van der Waals surface area contributed by atoms with Gasteiger partial charge in [-0.2, -0.15) is 0 Å². The molecular weight excluding hydrogens is 276 g/mol. The topological polar surface area (TPSA) is 58.0 Å². The summed E-state index contributed by atoms with van der Waals surface area (Å²) in [6.07, 6.45) is 7.62. The lowest BCUT2D eigenvalue weighted by atomic mass is 9.95. The summed E-state index contributed by atoms with van der Waals surface area (Å²) in [4.78, 5) is 22.0. The van der Waals surface area contributed by atoms with E-state index in [-0.39, 0.29) is 0 Å². The molecule has 0 amide bonds. The van der Waals surface area contributed by atoms with Crippen LogP contribution in [0.1, 0.15) is 30.1 Å². The second kappa shape index (κ2) is 6.25. The van der Waals surface area contributed by atoms with Crippen molar-refractivity contribution in [3.05, 3.63) is 36.2 Å². The Labute approximate surface area is 131 Å². The number of piperidine rings is 1. The lowest BCUT2D eigenvalue weighted by Crippen LogP contribution is -2.35. The van der Waals surface area contributed by atoms with Crippen molar-refractivity contribution in [1.29, 1.82) is 0 Å². The van der Waals surface area contributed by atoms with Crippen LogP contribution < -0.4 is 9.80 Å². The molecule has 0 saturated carbocycles. The van der Waals surface area contributed by atoms with Crippen LogP contribution >= 0.6 is 0 Å². The van der Waals surface area contributed by atoms with Gasteiger partial charge in [0.05, 0.1) is 11.9 Å². The number of aromatic nitrogens is 4. The van der Waals surface area contributed by atoms with Crippen LogP contribution in [0.15, 0.2) is 24.8 Å². The number of nitrogens with zero attached hydrogens (tertiary/aromatic N) is 6. The van der Waals surface area contributed by atoms with E-state index in [1.807, 2.05) is 38.2 Å². The maximum atomic E-state index is 4.75. The first-order valence-corrected chi connectivity index (χ1v) is 7.66. The van der Waals surface area contributed by atoms with Crippen molar-refractivity contribution >= 4 is 11.6 Å². The molecule has 22 heavy (non-hydrogen) atoms. The molecule has 1 aliphatic rings. The highest BCUT2D eigenvalue weighted by Crippen LogP contribution is 2.28. The Balaban J connectivity index is 1.79. The van der Waals surface area contributed by atoms with Gasteiger partial charge in [0.2, 0.25) is 0 Å². The third-order valence-corrected chi connectivity index (χ3v) is 4.05. The Morgan fingerprint density at radius 3 is 2.86 bits per heavy atom. The number of hydrogen-bond donors (Lipinski definition) is 0. The summed E-state index contributed by atoms with van der Waals surface area (Å²) in [6.45, 7) is 3.97. The van der Waals surface area contributed by atoms with Crippen LogP contribution in [0.25, 0.3) is 0 Å². The summed E-state index contributed by atoms with van der Waals surface area (Å²) in [5, 5.41) is 0. The average molecular weight is 298 g/mol. The van der Waals surface area contributed by atoms with E-state index in [2.05, 4.69) is 19.9 Å². The minimum absolute atomic E-state index is 0.399. The van der Waals surface area contributed by atoms with E-state index < -0.39 is 0 Å². The highest BCUT2D eigenvalue weighted by molar-refractivity contribution is 5.41. The van der Waals surface area contributed by atoms with Crippen LogP contribution in [0, 0.1) is 6.92 Å². The molecule has 3 rings (SSSR count). The molecule has 6 nitrogen and oxygen atoms in total. The molecule has 0 radical (unpaired) electrons. The highest BCUT2D eigenvalue weighted by atomic mass is 15.2. The fourth-order valence-electron chi connectivity index (χ4n) is 2.82. The Morgan fingerprint density at radius 1 is 1.23 bits per heavy atom. The number of anilines is 2. The summed E-state index contributed by atoms with van der Waals surface area (Å²) in [7, 11) is 3.98. The van der Waals surface area contributed by atoms with Crippen LogP contribution in [-0.2, 0) is 0 Å². The Morgan fingerprint density at radius 2 is 2.09 bits per heavy atom. The molecule has 1 aliphatic heterocycles. The van der Waals surface area contributed by atoms with Crippen molar-refractivity contribution in [1.82, 2.24) is 19.9 Å². The van der Waals surface area contributed by atoms with Crippen molar-refractivity contribution in [3.8, 4) is 0 Å². The quantitative estimate of drug-likeness (QED) is 0.864. The molecular formula is C16H22N6. The Bertz CT molecular complexity index is 642. The van der Waals surface area contributed by atoms with Gasteiger partial charge in [-0.1, -0.05) is 0 Å². The summed E-state index contributed by atoms with van der Waals surface area (Å²) >= 11 is 0. The van der Waals surface area contributed by atoms with Crippen molar-refractivity contribution in [2.45, 2.75) is 25.7 Å². The molecule has 116 valence electrons. The first kappa shape index (κ1) is 14.7. The van der Waals surface area contributed by atoms with Crippen molar-refractivity contribution in [2.24, 2.45) is 0 Å². The van der Waals surface area contributed by atoms with Gasteiger partial charge in [0.1, 0.15) is 18.0 Å². The predicted octanol–water partition coefficient (Wildman–Crippen LogP) is 2.03. The standard InChI is InChI=1S/C16H22N6/c1-12-7-15(19-11-18-12)22-6-4-5-13(10-22)14-8-17-9-16(20-14)21(2)3/h7-9,11,13H,4-6,10H2,1-3H3/t13-/m0/s1. The largest absolute Gasteiger partial charge is 0.361 e. The molecule has 2 aromatic heterocycles. The highest BCUT2D eigenvalue weighted by Gasteiger charge is 2.24. The van der Waals surface area contributed by atoms with E-state index in [0.29, 0.717) is 5.92 Å². The Hall–Kier alpha value is -2.24. The molecule has 0 bridgehead atoms. The first-order valence-electron chi connectivity index (χ1n) is 7.66. The number of rotatable bonds is 3. The van der Waals surface area contributed by atoms with Gasteiger partial charge in [-0.25, -0.2) is 15.0 Å². The third-order valence-electron chi connectivity index (χ3n) is 4.05. The van der Waals surface area contributed by atoms with E-state index in [0.717, 1.165) is 49.0 Å². The second-order valence-electron chi connectivity index (χ2n) is 6.00. The van der Waals surface area contributed by atoms with Crippen molar-refractivity contribution in [2.75, 3.05) is 37.0 Å². The smallest absolute Gasteiger partial charge is 0.146 e. The summed E-state index contributed by atoms with van der Waals surface area (Å²) in [5.74, 6) is 2.32. The number of hydrogen-bond acceptors (Lipinski definition) is 6. The van der Waals surface area contributed by atoms with Crippen molar-refractivity contribution in [3.63, 3.8) is 0 Å². The number of aryl methyl sites for hydroxylation is 1. The van der Waals surface area contributed by atoms with E-state index in [9.17, 15) is 0 Å². The molecule has 6 heteroatoms. The van der Waals surface area contributed by atoms with Gasteiger partial charge >= 0.3 is 0 Å². The zero-order chi connectivity index (χ0) is 15.5. The molecule has 3 heterocycles. The van der Waals surface area contributed by atoms with Gasteiger partial charge in [-0.3, -0.25) is 4.98 Å². The van der Waals surface area contributed by atoms with Crippen LogP contribution in [0.2, 0.25) is 0 Å². The maximum Gasteiger partial charge on any atom is 0.146 e. The van der Waals surface area contributed by atoms with Gasteiger partial charge < -0.3 is 9.80 Å². The molecule has 0 unspecified atom stereocenters. The molecule has 1 atom stereocenters. The maximum absolute atomic E-state index is 4.75. The Kier molecular flexibility index (Phi) is 4.18. The van der Waals surface area contributed by atoms with Gasteiger partial charge in [0.25, 0.3) is 0 Å². The third kappa shape index (κ3) is 3.16. The summed E-state index contributed by atoms with van der Waals surface area (Å²) < 4.78 is 0. The van der Waals surface area contributed by atoms with Crippen molar-refractivity contribution < 1.29 is 0 Å². The van der Waals surface area contributed by atoms with Gasteiger partial charge in [0.15, 0.2) is 0 Å². The van der Waals surface area contributed by atoms with Crippen LogP contribution in [0.5, 0.6) is 0 Å². The van der Waals surface area contributed by atoms with E-state index in [4.69, 9.17) is 4.98 Å². The lowest BCUT2D eigenvalue weighted by molar-refractivity contribution is 0.497. The van der Waals surface area contributed by atoms with Crippen LogP contribution in [0.4, 0.5) is 11.6 Å². The molecule has 0 N–H and O–H groups in total. The summed E-state index contributed by atoms with van der Waals surface area (Å²) in [6, 6.07) is 2.05. The lowest BCUT2D eigenvalue weighted by Gasteiger charge is -2.33. The fourth-order valence-corrected chi connectivity index (χ4v) is 2.82. The van der Waals surface area contributed by atoms with Crippen LogP contribution in [-0.4, -0.2) is 47.1 Å². The van der Waals surface area contributed by atoms with E-state index in [1.54, 1.807) is 12.5 Å². The SMILES string of the molecule is Cc1cc(N2CCC[C@H](c3cncc(N(C)C)n3)C2)ncn1. The molecule has 0 aromatic carbocycles. The molecule has 2 aromatic rings. The molecule has 0 aliphatic carbocycles. The zero-order valence-electron chi connectivity index (χ0n) is 13.4. The first-order chi connectivity index (χ1) is 10.6.